The molecule has 0 fully saturated rings. The highest BCUT2D eigenvalue weighted by molar-refractivity contribution is 9.10. The predicted molar refractivity (Wildman–Crippen MR) is 86.6 cm³/mol. The number of carbonyl (C=O) groups excluding carboxylic acids is 1. The van der Waals surface area contributed by atoms with Crippen LogP contribution >= 0.6 is 15.9 Å². The van der Waals surface area contributed by atoms with Crippen molar-refractivity contribution >= 4 is 33.6 Å². The first-order valence-electron chi connectivity index (χ1n) is 6.76. The van der Waals surface area contributed by atoms with Crippen LogP contribution in [0, 0.1) is 25.7 Å². The van der Waals surface area contributed by atoms with Crippen LogP contribution in [0.25, 0.3) is 0 Å². The third-order valence-electron chi connectivity index (χ3n) is 3.34. The number of anilines is 1. The minimum atomic E-state index is -0.902. The van der Waals surface area contributed by atoms with E-state index in [9.17, 15) is 9.59 Å². The van der Waals surface area contributed by atoms with Gasteiger partial charge in [-0.3, -0.25) is 4.79 Å². The lowest BCUT2D eigenvalue weighted by Crippen LogP contribution is -2.38. The van der Waals surface area contributed by atoms with Gasteiger partial charge in [0.2, 0.25) is 0 Å². The fourth-order valence-electron chi connectivity index (χ4n) is 2.08. The number of aliphatic carboxylic acids is 1. The summed E-state index contributed by atoms with van der Waals surface area (Å²) in [6, 6.07) is 3.43. The number of hydrogen-bond donors (Lipinski definition) is 3. The molecule has 0 bridgehead atoms. The Morgan fingerprint density at radius 3 is 2.19 bits per heavy atom. The van der Waals surface area contributed by atoms with Crippen molar-refractivity contribution in [3.05, 3.63) is 27.7 Å². The zero-order chi connectivity index (χ0) is 16.2. The fraction of sp³-hybridized carbons (Fsp3) is 0.467. The van der Waals surface area contributed by atoms with Crippen LogP contribution in [0.5, 0.6) is 0 Å². The zero-order valence-corrected chi connectivity index (χ0v) is 14.2. The summed E-state index contributed by atoms with van der Waals surface area (Å²) in [6.07, 6.45) is 0. The third kappa shape index (κ3) is 5.04. The number of carboxylic acid groups (broad SMARTS) is 1. The number of carboxylic acids is 1. The van der Waals surface area contributed by atoms with Gasteiger partial charge in [0.25, 0.3) is 0 Å². The van der Waals surface area contributed by atoms with Crippen LogP contribution in [0.2, 0.25) is 0 Å². The van der Waals surface area contributed by atoms with E-state index in [4.69, 9.17) is 5.11 Å². The van der Waals surface area contributed by atoms with E-state index < -0.39 is 17.9 Å². The number of urea groups is 1. The molecule has 21 heavy (non-hydrogen) atoms. The van der Waals surface area contributed by atoms with Crippen LogP contribution < -0.4 is 10.6 Å². The van der Waals surface area contributed by atoms with Gasteiger partial charge in [-0.2, -0.15) is 0 Å². The van der Waals surface area contributed by atoms with Gasteiger partial charge in [0.05, 0.1) is 5.92 Å². The average molecular weight is 357 g/mol. The second kappa shape index (κ2) is 7.45. The smallest absolute Gasteiger partial charge is 0.319 e. The van der Waals surface area contributed by atoms with Crippen molar-refractivity contribution < 1.29 is 14.7 Å². The van der Waals surface area contributed by atoms with Gasteiger partial charge < -0.3 is 15.7 Å². The van der Waals surface area contributed by atoms with Crippen molar-refractivity contribution in [2.45, 2.75) is 27.7 Å². The second-order valence-corrected chi connectivity index (χ2v) is 6.35. The molecule has 1 aromatic rings. The monoisotopic (exact) mass is 356 g/mol. The van der Waals surface area contributed by atoms with Crippen LogP contribution in [0.1, 0.15) is 25.0 Å². The number of benzene rings is 1. The number of rotatable bonds is 5. The van der Waals surface area contributed by atoms with E-state index in [1.54, 1.807) is 0 Å². The van der Waals surface area contributed by atoms with Crippen molar-refractivity contribution in [1.29, 1.82) is 0 Å². The first-order chi connectivity index (χ1) is 9.72. The van der Waals surface area contributed by atoms with Gasteiger partial charge in [-0.05, 0) is 43.0 Å². The number of aryl methyl sites for hydroxylation is 2. The Morgan fingerprint density at radius 1 is 1.24 bits per heavy atom. The number of amides is 2. The van der Waals surface area contributed by atoms with Crippen LogP contribution in [-0.4, -0.2) is 23.7 Å². The number of carbonyl (C=O) groups is 2. The highest BCUT2D eigenvalue weighted by Crippen LogP contribution is 2.25. The molecule has 0 aliphatic rings. The van der Waals surface area contributed by atoms with Crippen molar-refractivity contribution in [2.75, 3.05) is 11.9 Å². The van der Waals surface area contributed by atoms with Crippen LogP contribution in [0.15, 0.2) is 16.6 Å². The average Bonchev–Trinajstić information content (AvgIpc) is 2.33. The summed E-state index contributed by atoms with van der Waals surface area (Å²) in [7, 11) is 0. The maximum absolute atomic E-state index is 11.9. The molecule has 3 N–H and O–H groups in total. The molecule has 2 amide bonds. The molecule has 116 valence electrons. The van der Waals surface area contributed by atoms with Crippen LogP contribution in [0.3, 0.4) is 0 Å². The summed E-state index contributed by atoms with van der Waals surface area (Å²) in [6.45, 7) is 7.55. The SMILES string of the molecule is Cc1cc(Br)cc(C)c1NC(=O)NCC(C(=O)O)C(C)C. The summed E-state index contributed by atoms with van der Waals surface area (Å²) < 4.78 is 0.953. The standard InChI is InChI=1S/C15H21BrN2O3/c1-8(2)12(14(19)20)7-17-15(21)18-13-9(3)5-11(16)6-10(13)4/h5-6,8,12H,7H2,1-4H3,(H,19,20)(H2,17,18,21). The molecule has 1 atom stereocenters. The Hall–Kier alpha value is -1.56. The molecule has 5 nitrogen and oxygen atoms in total. The number of hydrogen-bond acceptors (Lipinski definition) is 2. The Kier molecular flexibility index (Phi) is 6.20. The van der Waals surface area contributed by atoms with E-state index in [-0.39, 0.29) is 12.5 Å². The van der Waals surface area contributed by atoms with Gasteiger partial charge in [0, 0.05) is 16.7 Å². The molecule has 0 aliphatic carbocycles. The first-order valence-corrected chi connectivity index (χ1v) is 7.56. The molecule has 0 aliphatic heterocycles. The van der Waals surface area contributed by atoms with E-state index in [2.05, 4.69) is 26.6 Å². The lowest BCUT2D eigenvalue weighted by atomic mass is 9.96. The van der Waals surface area contributed by atoms with E-state index >= 15 is 0 Å². The van der Waals surface area contributed by atoms with Crippen LogP contribution in [0.4, 0.5) is 10.5 Å². The summed E-state index contributed by atoms with van der Waals surface area (Å²) in [5.41, 5.74) is 2.62. The third-order valence-corrected chi connectivity index (χ3v) is 3.80. The summed E-state index contributed by atoms with van der Waals surface area (Å²) in [5, 5.41) is 14.5. The molecule has 0 heterocycles. The molecule has 1 aromatic carbocycles. The van der Waals surface area contributed by atoms with Gasteiger partial charge >= 0.3 is 12.0 Å². The van der Waals surface area contributed by atoms with E-state index in [1.807, 2.05) is 39.8 Å². The quantitative estimate of drug-likeness (QED) is 0.754. The Bertz CT molecular complexity index is 521. The predicted octanol–water partition coefficient (Wildman–Crippen LogP) is 3.54. The molecule has 0 aromatic heterocycles. The first kappa shape index (κ1) is 17.5. The maximum atomic E-state index is 11.9. The van der Waals surface area contributed by atoms with Crippen molar-refractivity contribution in [2.24, 2.45) is 11.8 Å². The van der Waals surface area contributed by atoms with Gasteiger partial charge in [-0.25, -0.2) is 4.79 Å². The Morgan fingerprint density at radius 2 is 1.76 bits per heavy atom. The van der Waals surface area contributed by atoms with Crippen molar-refractivity contribution in [3.8, 4) is 0 Å². The number of halogens is 1. The maximum Gasteiger partial charge on any atom is 0.319 e. The molecular weight excluding hydrogens is 336 g/mol. The van der Waals surface area contributed by atoms with Gasteiger partial charge in [-0.15, -0.1) is 0 Å². The Balaban J connectivity index is 2.69. The van der Waals surface area contributed by atoms with E-state index in [0.29, 0.717) is 0 Å². The molecule has 0 spiro atoms. The van der Waals surface area contributed by atoms with Gasteiger partial charge in [0.1, 0.15) is 0 Å². The zero-order valence-electron chi connectivity index (χ0n) is 12.7. The Labute approximate surface area is 133 Å². The molecule has 6 heteroatoms. The fourth-order valence-corrected chi connectivity index (χ4v) is 2.76. The van der Waals surface area contributed by atoms with Crippen molar-refractivity contribution in [1.82, 2.24) is 5.32 Å². The largest absolute Gasteiger partial charge is 0.481 e. The molecule has 0 radical (unpaired) electrons. The molecule has 1 unspecified atom stereocenters. The highest BCUT2D eigenvalue weighted by Gasteiger charge is 2.22. The lowest BCUT2D eigenvalue weighted by molar-refractivity contribution is -0.142. The van der Waals surface area contributed by atoms with E-state index in [1.165, 1.54) is 0 Å². The summed E-state index contributed by atoms with van der Waals surface area (Å²) in [5.74, 6) is -1.54. The second-order valence-electron chi connectivity index (χ2n) is 5.44. The van der Waals surface area contributed by atoms with Crippen LogP contribution in [-0.2, 0) is 4.79 Å². The lowest BCUT2D eigenvalue weighted by Gasteiger charge is -2.18. The van der Waals surface area contributed by atoms with Gasteiger partial charge in [-0.1, -0.05) is 29.8 Å². The minimum absolute atomic E-state index is 0.0426. The number of nitrogens with one attached hydrogen (secondary N) is 2. The molecule has 0 saturated heterocycles. The van der Waals surface area contributed by atoms with E-state index in [0.717, 1.165) is 21.3 Å². The highest BCUT2D eigenvalue weighted by atomic mass is 79.9. The molecular formula is C15H21BrN2O3. The minimum Gasteiger partial charge on any atom is -0.481 e. The summed E-state index contributed by atoms with van der Waals surface area (Å²) >= 11 is 3.40. The molecule has 1 rings (SSSR count). The normalized spacial score (nSPS) is 12.1. The van der Waals surface area contributed by atoms with Crippen molar-refractivity contribution in [3.63, 3.8) is 0 Å². The summed E-state index contributed by atoms with van der Waals surface area (Å²) in [4.78, 5) is 23.0. The molecule has 0 saturated carbocycles. The topological polar surface area (TPSA) is 78.4 Å². The van der Waals surface area contributed by atoms with Gasteiger partial charge in [0.15, 0.2) is 0 Å².